The summed E-state index contributed by atoms with van der Waals surface area (Å²) in [7, 11) is 0. The molecule has 48 heavy (non-hydrogen) atoms. The van der Waals surface area contributed by atoms with Gasteiger partial charge in [0.25, 0.3) is 0 Å². The number of aliphatic imine (C=N–C) groups is 2. The van der Waals surface area contributed by atoms with Crippen LogP contribution in [0.25, 0.3) is 64.4 Å². The third-order valence-corrected chi connectivity index (χ3v) is 10.5. The Morgan fingerprint density at radius 1 is 0.729 bits per heavy atom. The lowest BCUT2D eigenvalue weighted by Gasteiger charge is -2.26. The predicted octanol–water partition coefficient (Wildman–Crippen LogP) is 11.1. The molecule has 5 nitrogen and oxygen atoms in total. The molecule has 228 valence electrons. The van der Waals surface area contributed by atoms with E-state index in [4.69, 9.17) is 19.7 Å². The predicted molar refractivity (Wildman–Crippen MR) is 201 cm³/mol. The molecule has 0 saturated carbocycles. The van der Waals surface area contributed by atoms with Crippen LogP contribution >= 0.6 is 11.3 Å². The molecule has 1 atom stereocenters. The molecule has 2 aliphatic heterocycles. The normalized spacial score (nSPS) is 15.7. The van der Waals surface area contributed by atoms with E-state index in [2.05, 4.69) is 96.3 Å². The van der Waals surface area contributed by atoms with Gasteiger partial charge in [0, 0.05) is 36.7 Å². The van der Waals surface area contributed by atoms with Gasteiger partial charge in [-0.1, -0.05) is 115 Å². The lowest BCUT2D eigenvalue weighted by Crippen LogP contribution is -2.33. The van der Waals surface area contributed by atoms with Crippen molar-refractivity contribution in [3.8, 4) is 11.1 Å². The Balaban J connectivity index is 1.20. The van der Waals surface area contributed by atoms with Crippen molar-refractivity contribution in [2.24, 2.45) is 9.98 Å². The van der Waals surface area contributed by atoms with Gasteiger partial charge >= 0.3 is 0 Å². The second kappa shape index (κ2) is 10.8. The summed E-state index contributed by atoms with van der Waals surface area (Å²) in [5.41, 5.74) is 6.76. The molecule has 0 saturated heterocycles. The maximum absolute atomic E-state index is 6.50. The molecule has 1 unspecified atom stereocenters. The summed E-state index contributed by atoms with van der Waals surface area (Å²) in [6.07, 6.45) is 3.74. The average Bonchev–Trinajstić information content (AvgIpc) is 3.73. The Morgan fingerprint density at radius 3 is 2.46 bits per heavy atom. The number of nitrogens with one attached hydrogen (secondary N) is 1. The summed E-state index contributed by atoms with van der Waals surface area (Å²) in [4.78, 5) is 10.4. The number of hydrogen-bond acceptors (Lipinski definition) is 5. The minimum Gasteiger partial charge on any atom is -0.678 e. The molecule has 0 radical (unpaired) electrons. The zero-order valence-electron chi connectivity index (χ0n) is 25.7. The van der Waals surface area contributed by atoms with Gasteiger partial charge in [0.15, 0.2) is 5.84 Å². The van der Waals surface area contributed by atoms with E-state index in [-0.39, 0.29) is 6.17 Å². The topological polar surface area (TPSA) is 64.0 Å². The number of rotatable bonds is 4. The fraction of sp³-hybridized carbons (Fsp3) is 0.0476. The summed E-state index contributed by atoms with van der Waals surface area (Å²) in [6, 6.07) is 44.8. The van der Waals surface area contributed by atoms with Crippen LogP contribution in [-0.4, -0.2) is 18.2 Å². The van der Waals surface area contributed by atoms with Crippen LogP contribution in [0.1, 0.15) is 28.6 Å². The summed E-state index contributed by atoms with van der Waals surface area (Å²) < 4.78 is 9.09. The molecular formula is C42H27N4OS-. The summed E-state index contributed by atoms with van der Waals surface area (Å²) in [6.45, 7) is 0.610. The zero-order chi connectivity index (χ0) is 31.6. The van der Waals surface area contributed by atoms with Gasteiger partial charge in [0.2, 0.25) is 0 Å². The van der Waals surface area contributed by atoms with Crippen LogP contribution < -0.4 is 5.32 Å². The Morgan fingerprint density at radius 2 is 1.56 bits per heavy atom. The number of benzene rings is 6. The highest BCUT2D eigenvalue weighted by molar-refractivity contribution is 7.26. The summed E-state index contributed by atoms with van der Waals surface area (Å²) in [5, 5.41) is 14.5. The van der Waals surface area contributed by atoms with E-state index in [0.717, 1.165) is 56.1 Å². The van der Waals surface area contributed by atoms with Gasteiger partial charge < -0.3 is 15.1 Å². The lowest BCUT2D eigenvalue weighted by atomic mass is 9.96. The third-order valence-electron chi connectivity index (χ3n) is 9.26. The van der Waals surface area contributed by atoms with E-state index in [1.807, 2.05) is 59.9 Å². The van der Waals surface area contributed by atoms with Crippen LogP contribution in [0.4, 0.5) is 5.69 Å². The van der Waals surface area contributed by atoms with Gasteiger partial charge in [0.1, 0.15) is 23.3 Å². The van der Waals surface area contributed by atoms with Crippen molar-refractivity contribution in [2.75, 3.05) is 6.54 Å². The molecule has 2 aromatic heterocycles. The number of thiophene rings is 1. The van der Waals surface area contributed by atoms with E-state index in [0.29, 0.717) is 12.4 Å². The van der Waals surface area contributed by atoms with E-state index in [1.165, 1.54) is 30.9 Å². The molecule has 0 amide bonds. The van der Waals surface area contributed by atoms with Gasteiger partial charge in [-0.15, -0.1) is 17.9 Å². The van der Waals surface area contributed by atoms with Crippen molar-refractivity contribution in [2.45, 2.75) is 6.17 Å². The van der Waals surface area contributed by atoms with Crippen LogP contribution in [0, 0.1) is 0 Å². The SMILES string of the molecule is C1=Cc2oc3cc(-c4ccc5sc6c7ccccc7ccc6c5c4)cc(C4=NC(c5ccccc5)NC(c5ccccc5)=N4)c3c2[N-]C1. The van der Waals surface area contributed by atoms with E-state index in [1.54, 1.807) is 0 Å². The third kappa shape index (κ3) is 4.37. The molecule has 0 aliphatic carbocycles. The molecule has 1 N–H and O–H groups in total. The zero-order valence-corrected chi connectivity index (χ0v) is 26.5. The van der Waals surface area contributed by atoms with Crippen molar-refractivity contribution < 1.29 is 4.42 Å². The van der Waals surface area contributed by atoms with Crippen LogP contribution in [0.5, 0.6) is 0 Å². The first-order valence-electron chi connectivity index (χ1n) is 16.1. The number of furan rings is 1. The van der Waals surface area contributed by atoms with Gasteiger partial charge in [-0.2, -0.15) is 0 Å². The molecule has 6 aromatic carbocycles. The van der Waals surface area contributed by atoms with Gasteiger partial charge in [0.05, 0.1) is 0 Å². The van der Waals surface area contributed by atoms with Gasteiger partial charge in [-0.3, -0.25) is 0 Å². The molecule has 0 fully saturated rings. The molecule has 0 spiro atoms. The largest absolute Gasteiger partial charge is 0.678 e. The standard InChI is InChI=1S/C42H27N4OS/c1-3-11-26(12-4-1)40-44-41(27-13-5-2-6-14-27)46-42(45-40)33-23-29(24-35-37(33)38-34(47-35)16-9-21-43-38)28-18-20-36-32(22-28)31-19-17-25-10-7-8-15-30(25)39(31)48-36/h1-20,22-24,40H,21H2,(H,44,45,46)/q-1. The second-order valence-corrected chi connectivity index (χ2v) is 13.2. The average molecular weight is 636 g/mol. The lowest BCUT2D eigenvalue weighted by molar-refractivity contribution is 0.605. The first-order chi connectivity index (χ1) is 23.8. The van der Waals surface area contributed by atoms with Gasteiger partial charge in [-0.25, -0.2) is 9.98 Å². The highest BCUT2D eigenvalue weighted by atomic mass is 32.1. The monoisotopic (exact) mass is 635 g/mol. The summed E-state index contributed by atoms with van der Waals surface area (Å²) >= 11 is 1.86. The van der Waals surface area contributed by atoms with E-state index < -0.39 is 0 Å². The second-order valence-electron chi connectivity index (χ2n) is 12.2. The maximum atomic E-state index is 6.50. The van der Waals surface area contributed by atoms with Crippen molar-refractivity contribution in [1.82, 2.24) is 5.32 Å². The molecular weight excluding hydrogens is 609 g/mol. The number of nitrogens with zero attached hydrogens (tertiary/aromatic N) is 3. The Hall–Kier alpha value is -5.98. The van der Waals surface area contributed by atoms with Crippen LogP contribution in [0.15, 0.2) is 148 Å². The van der Waals surface area contributed by atoms with Gasteiger partial charge in [-0.05, 0) is 57.8 Å². The van der Waals surface area contributed by atoms with Crippen molar-refractivity contribution in [3.05, 3.63) is 161 Å². The first-order valence-corrected chi connectivity index (χ1v) is 16.9. The highest BCUT2D eigenvalue weighted by Crippen LogP contribution is 2.45. The van der Waals surface area contributed by atoms with E-state index >= 15 is 0 Å². The van der Waals surface area contributed by atoms with Crippen LogP contribution in [0.2, 0.25) is 0 Å². The fourth-order valence-corrected chi connectivity index (χ4v) is 8.17. The van der Waals surface area contributed by atoms with E-state index in [9.17, 15) is 0 Å². The number of hydrogen-bond donors (Lipinski definition) is 1. The minimum absolute atomic E-state index is 0.310. The first kappa shape index (κ1) is 27.2. The molecule has 0 bridgehead atoms. The quantitative estimate of drug-likeness (QED) is 0.209. The molecule has 6 heteroatoms. The fourth-order valence-electron chi connectivity index (χ4n) is 6.95. The molecule has 2 aliphatic rings. The van der Waals surface area contributed by atoms with Crippen LogP contribution in [0.3, 0.4) is 0 Å². The van der Waals surface area contributed by atoms with Crippen molar-refractivity contribution >= 4 is 76.7 Å². The molecule has 4 heterocycles. The molecule has 10 rings (SSSR count). The number of amidine groups is 2. The van der Waals surface area contributed by atoms with Crippen LogP contribution in [-0.2, 0) is 0 Å². The minimum atomic E-state index is -0.310. The Kier molecular flexibility index (Phi) is 6.11. The summed E-state index contributed by atoms with van der Waals surface area (Å²) in [5.74, 6) is 2.19. The molecule has 8 aromatic rings. The number of fused-ring (bicyclic) bond motifs is 8. The maximum Gasteiger partial charge on any atom is 0.160 e. The highest BCUT2D eigenvalue weighted by Gasteiger charge is 2.24. The van der Waals surface area contributed by atoms with Crippen molar-refractivity contribution in [3.63, 3.8) is 0 Å². The Labute approximate surface area is 280 Å². The smallest absolute Gasteiger partial charge is 0.160 e. The van der Waals surface area contributed by atoms with Crippen molar-refractivity contribution in [1.29, 1.82) is 0 Å². The Bertz CT molecular complexity index is 2650.